The van der Waals surface area contributed by atoms with Crippen LogP contribution in [0.2, 0.25) is 0 Å². The molecule has 9 aromatic carbocycles. The molecule has 9 rings (SSSR count). The molecule has 0 atom stereocenters. The van der Waals surface area contributed by atoms with Gasteiger partial charge in [-0.25, -0.2) is 0 Å². The van der Waals surface area contributed by atoms with E-state index in [1.165, 1.54) is 0 Å². The zero-order valence-electron chi connectivity index (χ0n) is 37.0. The van der Waals surface area contributed by atoms with Crippen molar-refractivity contribution in [1.82, 2.24) is 0 Å². The van der Waals surface area contributed by atoms with Crippen molar-refractivity contribution in [3.8, 4) is 51.7 Å². The summed E-state index contributed by atoms with van der Waals surface area (Å²) in [6.07, 6.45) is 0. The minimum absolute atomic E-state index is 0. The Morgan fingerprint density at radius 3 is 0.329 bits per heavy atom. The van der Waals surface area contributed by atoms with Gasteiger partial charge in [-0.15, -0.1) is 0 Å². The van der Waals surface area contributed by atoms with Gasteiger partial charge in [0.25, 0.3) is 0 Å². The Balaban J connectivity index is 0.000000270. The van der Waals surface area contributed by atoms with Crippen LogP contribution in [0.5, 0.6) is 51.7 Å². The van der Waals surface area contributed by atoms with Crippen LogP contribution in [-0.2, 0) is 19.5 Å². The third kappa shape index (κ3) is 22.2. The average molecular weight is 1140 g/mol. The van der Waals surface area contributed by atoms with Gasteiger partial charge in [-0.1, -0.05) is 164 Å². The molecule has 0 N–H and O–H groups in total. The molecule has 70 heavy (non-hydrogen) atoms. The molecule has 0 amide bonds. The van der Waals surface area contributed by atoms with Gasteiger partial charge in [-0.05, 0) is 109 Å². The van der Waals surface area contributed by atoms with E-state index < -0.39 is 25.8 Å². The zero-order chi connectivity index (χ0) is 45.1. The summed E-state index contributed by atoms with van der Waals surface area (Å²) in [5, 5.41) is 0. The fraction of sp³-hybridized carbons (Fsp3) is 0. The third-order valence-corrected chi connectivity index (χ3v) is 11.5. The molecule has 0 spiro atoms. The second-order valence-electron chi connectivity index (χ2n) is 13.3. The predicted octanol–water partition coefficient (Wildman–Crippen LogP) is 7.36. The predicted molar refractivity (Wildman–Crippen MR) is 264 cm³/mol. The molecule has 9 aromatic rings. The normalized spacial score (nSPS) is 9.64. The van der Waals surface area contributed by atoms with E-state index in [9.17, 15) is 0 Å². The fourth-order valence-corrected chi connectivity index (χ4v) is 8.25. The SMILES string of the molecule is [Cl-].[Cl-].[Cl-].[Rh+3].c1ccc(OP(Oc2ccccc2)Oc2ccccc2)cc1.c1ccc(OP(Oc2ccccc2)Oc2ccccc2)cc1.c1ccc(OP(Oc2ccccc2)Oc2ccccc2)cc1. The smallest absolute Gasteiger partial charge is 1.00 e. The Morgan fingerprint density at radius 2 is 0.243 bits per heavy atom. The van der Waals surface area contributed by atoms with Gasteiger partial charge in [-0.2, -0.15) is 0 Å². The monoisotopic (exact) mass is 1140 g/mol. The number of halogens is 3. The summed E-state index contributed by atoms with van der Waals surface area (Å²) in [6, 6.07) is 85.5. The molecule has 0 saturated carbocycles. The van der Waals surface area contributed by atoms with Crippen LogP contribution >= 0.6 is 25.8 Å². The summed E-state index contributed by atoms with van der Waals surface area (Å²) in [5.74, 6) is 6.38. The molecule has 0 fully saturated rings. The van der Waals surface area contributed by atoms with Crippen LogP contribution in [0.25, 0.3) is 0 Å². The van der Waals surface area contributed by atoms with Crippen LogP contribution in [0.4, 0.5) is 0 Å². The van der Waals surface area contributed by atoms with Crippen LogP contribution in [0.15, 0.2) is 273 Å². The van der Waals surface area contributed by atoms with E-state index in [1.54, 1.807) is 0 Å². The van der Waals surface area contributed by atoms with Crippen LogP contribution in [-0.4, -0.2) is 0 Å². The van der Waals surface area contributed by atoms with Gasteiger partial charge in [0.05, 0.1) is 0 Å². The molecule has 0 bridgehead atoms. The zero-order valence-corrected chi connectivity index (χ0v) is 43.6. The van der Waals surface area contributed by atoms with Gasteiger partial charge < -0.3 is 77.9 Å². The molecule has 9 nitrogen and oxygen atoms in total. The largest absolute Gasteiger partial charge is 3.00 e. The molecule has 0 aromatic heterocycles. The molecular formula is C54H45Cl3O9P3Rh. The van der Waals surface area contributed by atoms with E-state index in [2.05, 4.69) is 0 Å². The van der Waals surface area contributed by atoms with Gasteiger partial charge in [-0.3, -0.25) is 0 Å². The Labute approximate surface area is 445 Å². The van der Waals surface area contributed by atoms with Gasteiger partial charge >= 0.3 is 45.3 Å². The molecule has 0 unspecified atom stereocenters. The molecule has 360 valence electrons. The van der Waals surface area contributed by atoms with Gasteiger partial charge in [0.1, 0.15) is 51.7 Å². The summed E-state index contributed by atoms with van der Waals surface area (Å²) in [7, 11) is -4.77. The summed E-state index contributed by atoms with van der Waals surface area (Å²) >= 11 is 0. The van der Waals surface area contributed by atoms with Gasteiger partial charge in [0.2, 0.25) is 0 Å². The summed E-state index contributed by atoms with van der Waals surface area (Å²) in [6.45, 7) is 0. The number of rotatable bonds is 18. The van der Waals surface area contributed by atoms with E-state index in [-0.39, 0.29) is 56.7 Å². The Hall–Kier alpha value is -6.04. The van der Waals surface area contributed by atoms with Crippen molar-refractivity contribution in [1.29, 1.82) is 0 Å². The second kappa shape index (κ2) is 34.3. The van der Waals surface area contributed by atoms with Crippen LogP contribution in [0.3, 0.4) is 0 Å². The first kappa shape index (κ1) is 58.3. The van der Waals surface area contributed by atoms with Crippen molar-refractivity contribution in [2.45, 2.75) is 0 Å². The summed E-state index contributed by atoms with van der Waals surface area (Å²) in [5.41, 5.74) is 0. The molecule has 0 heterocycles. The van der Waals surface area contributed by atoms with Crippen molar-refractivity contribution in [2.75, 3.05) is 0 Å². The van der Waals surface area contributed by atoms with E-state index in [4.69, 9.17) is 40.7 Å². The standard InChI is InChI=1S/3C18H15O3P.3ClH.Rh/c3*1-4-10-16(11-5-1)19-22(20-17-12-6-2-7-13-17)21-18-14-8-3-9-15-18;;;;/h3*1-15H;3*1H;/q;;;;;;+3/p-3. The molecule has 0 radical (unpaired) electrons. The minimum Gasteiger partial charge on any atom is -1.00 e. The van der Waals surface area contributed by atoms with Crippen molar-refractivity contribution < 1.29 is 97.4 Å². The minimum atomic E-state index is -1.59. The Morgan fingerprint density at radius 1 is 0.157 bits per heavy atom. The maximum absolute atomic E-state index is 5.84. The molecular weight excluding hydrogens is 1090 g/mol. The molecule has 0 aliphatic carbocycles. The summed E-state index contributed by atoms with van der Waals surface area (Å²) in [4.78, 5) is 0. The number of para-hydroxylation sites is 9. The van der Waals surface area contributed by atoms with E-state index in [0.29, 0.717) is 51.7 Å². The van der Waals surface area contributed by atoms with Gasteiger partial charge in [0, 0.05) is 0 Å². The maximum atomic E-state index is 5.84. The Bertz CT molecular complexity index is 2050. The molecule has 0 aliphatic heterocycles. The first-order valence-electron chi connectivity index (χ1n) is 20.7. The third-order valence-electron chi connectivity index (χ3n) is 8.31. The molecule has 0 saturated heterocycles. The van der Waals surface area contributed by atoms with Crippen LogP contribution < -0.4 is 77.9 Å². The van der Waals surface area contributed by atoms with Crippen molar-refractivity contribution in [3.05, 3.63) is 273 Å². The fourth-order valence-electron chi connectivity index (χ4n) is 5.27. The summed E-state index contributed by atoms with van der Waals surface area (Å²) < 4.78 is 52.6. The maximum Gasteiger partial charge on any atom is 3.00 e. The van der Waals surface area contributed by atoms with Crippen molar-refractivity contribution >= 4 is 25.8 Å². The van der Waals surface area contributed by atoms with Crippen molar-refractivity contribution in [3.63, 3.8) is 0 Å². The quantitative estimate of drug-likeness (QED) is 0.0648. The second-order valence-corrected chi connectivity index (χ2v) is 16.3. The number of hydrogen-bond acceptors (Lipinski definition) is 9. The van der Waals surface area contributed by atoms with Crippen molar-refractivity contribution in [2.24, 2.45) is 0 Å². The van der Waals surface area contributed by atoms with Crippen LogP contribution in [0.1, 0.15) is 0 Å². The van der Waals surface area contributed by atoms with Crippen LogP contribution in [0, 0.1) is 0 Å². The number of hydrogen-bond donors (Lipinski definition) is 0. The Kier molecular flexibility index (Phi) is 28.5. The van der Waals surface area contributed by atoms with E-state index in [0.717, 1.165) is 0 Å². The molecule has 0 aliphatic rings. The van der Waals surface area contributed by atoms with Gasteiger partial charge in [0.15, 0.2) is 0 Å². The molecule has 16 heteroatoms. The van der Waals surface area contributed by atoms with E-state index in [1.807, 2.05) is 273 Å². The van der Waals surface area contributed by atoms with E-state index >= 15 is 0 Å². The average Bonchev–Trinajstić information content (AvgIpc) is 3.37. The first-order chi connectivity index (χ1) is 32.7. The number of benzene rings is 9. The first-order valence-corrected chi connectivity index (χ1v) is 24.0. The topological polar surface area (TPSA) is 83.1 Å².